The smallest absolute Gasteiger partial charge is 0.251 e. The maximum Gasteiger partial charge on any atom is 0.251 e. The van der Waals surface area contributed by atoms with Gasteiger partial charge in [-0.05, 0) is 49.2 Å². The number of rotatable bonds is 6. The summed E-state index contributed by atoms with van der Waals surface area (Å²) in [6.45, 7) is 4.13. The van der Waals surface area contributed by atoms with Gasteiger partial charge >= 0.3 is 0 Å². The Labute approximate surface area is 147 Å². The fraction of sp³-hybridized carbons (Fsp3) is 0.250. The summed E-state index contributed by atoms with van der Waals surface area (Å²) in [5, 5.41) is 11.2. The van der Waals surface area contributed by atoms with Gasteiger partial charge in [0.15, 0.2) is 0 Å². The molecule has 1 heterocycles. The van der Waals surface area contributed by atoms with E-state index in [0.29, 0.717) is 17.3 Å². The molecule has 3 rings (SSSR count). The molecular formula is C20H21N3O2. The molecule has 25 heavy (non-hydrogen) atoms. The van der Waals surface area contributed by atoms with Gasteiger partial charge in [0.25, 0.3) is 5.91 Å². The van der Waals surface area contributed by atoms with Crippen LogP contribution in [0.5, 0.6) is 0 Å². The monoisotopic (exact) mass is 335 g/mol. The maximum absolute atomic E-state index is 12.2. The molecule has 5 heteroatoms. The van der Waals surface area contributed by atoms with Crippen LogP contribution in [0.4, 0.5) is 0 Å². The molecule has 1 amide bonds. The topological polar surface area (TPSA) is 68.0 Å². The first-order valence-corrected chi connectivity index (χ1v) is 8.51. The molecule has 0 saturated carbocycles. The number of nitrogens with one attached hydrogen (secondary N) is 1. The first-order valence-electron chi connectivity index (χ1n) is 8.51. The third kappa shape index (κ3) is 3.94. The number of carbonyl (C=O) groups is 1. The van der Waals surface area contributed by atoms with Gasteiger partial charge in [0.1, 0.15) is 0 Å². The van der Waals surface area contributed by atoms with E-state index in [4.69, 9.17) is 4.42 Å². The molecule has 1 aromatic heterocycles. The van der Waals surface area contributed by atoms with Crippen molar-refractivity contribution in [2.24, 2.45) is 0 Å². The van der Waals surface area contributed by atoms with Crippen molar-refractivity contribution in [2.45, 2.75) is 32.7 Å². The van der Waals surface area contributed by atoms with Gasteiger partial charge in [0, 0.05) is 22.7 Å². The van der Waals surface area contributed by atoms with Crippen LogP contribution in [0.15, 0.2) is 59.0 Å². The molecule has 0 aliphatic rings. The van der Waals surface area contributed by atoms with Crippen molar-refractivity contribution >= 4 is 5.91 Å². The van der Waals surface area contributed by atoms with Crippen molar-refractivity contribution in [2.75, 3.05) is 0 Å². The van der Waals surface area contributed by atoms with Crippen LogP contribution < -0.4 is 5.32 Å². The minimum Gasteiger partial charge on any atom is -0.416 e. The first-order chi connectivity index (χ1) is 12.2. The summed E-state index contributed by atoms with van der Waals surface area (Å²) in [4.78, 5) is 12.2. The van der Waals surface area contributed by atoms with Crippen LogP contribution in [-0.4, -0.2) is 22.1 Å². The van der Waals surface area contributed by atoms with Crippen molar-refractivity contribution in [1.82, 2.24) is 15.5 Å². The van der Waals surface area contributed by atoms with E-state index in [1.807, 2.05) is 42.5 Å². The van der Waals surface area contributed by atoms with Crippen molar-refractivity contribution in [3.63, 3.8) is 0 Å². The van der Waals surface area contributed by atoms with Crippen LogP contribution in [0.25, 0.3) is 22.9 Å². The second kappa shape index (κ2) is 7.75. The fourth-order valence-electron chi connectivity index (χ4n) is 2.56. The summed E-state index contributed by atoms with van der Waals surface area (Å²) in [7, 11) is 0. The molecule has 0 aliphatic heterocycles. The summed E-state index contributed by atoms with van der Waals surface area (Å²) < 4.78 is 5.73. The number of aromatic nitrogens is 2. The molecule has 128 valence electrons. The van der Waals surface area contributed by atoms with E-state index in [0.717, 1.165) is 24.0 Å². The molecule has 3 aromatic rings. The Kier molecular flexibility index (Phi) is 5.23. The van der Waals surface area contributed by atoms with Gasteiger partial charge in [0.2, 0.25) is 11.8 Å². The molecule has 0 spiro atoms. The highest BCUT2D eigenvalue weighted by atomic mass is 16.4. The molecule has 0 radical (unpaired) electrons. The Balaban J connectivity index is 1.75. The number of nitrogens with zero attached hydrogens (tertiary/aromatic N) is 2. The zero-order valence-electron chi connectivity index (χ0n) is 14.4. The zero-order valence-corrected chi connectivity index (χ0v) is 14.4. The van der Waals surface area contributed by atoms with Gasteiger partial charge in [-0.1, -0.05) is 32.0 Å². The van der Waals surface area contributed by atoms with Gasteiger partial charge in [-0.2, -0.15) is 0 Å². The van der Waals surface area contributed by atoms with E-state index in [1.54, 1.807) is 12.1 Å². The Morgan fingerprint density at radius 2 is 1.48 bits per heavy atom. The van der Waals surface area contributed by atoms with Crippen LogP contribution >= 0.6 is 0 Å². The van der Waals surface area contributed by atoms with E-state index in [2.05, 4.69) is 29.4 Å². The zero-order chi connectivity index (χ0) is 17.6. The van der Waals surface area contributed by atoms with E-state index in [9.17, 15) is 4.79 Å². The molecule has 0 saturated heterocycles. The third-order valence-corrected chi connectivity index (χ3v) is 4.16. The minimum absolute atomic E-state index is 0.0595. The molecule has 0 bridgehead atoms. The highest BCUT2D eigenvalue weighted by Gasteiger charge is 2.13. The van der Waals surface area contributed by atoms with Crippen LogP contribution in [-0.2, 0) is 0 Å². The normalized spacial score (nSPS) is 10.8. The van der Waals surface area contributed by atoms with Crippen LogP contribution in [0.2, 0.25) is 0 Å². The van der Waals surface area contributed by atoms with Crippen LogP contribution in [0.1, 0.15) is 37.0 Å². The third-order valence-electron chi connectivity index (χ3n) is 4.16. The predicted molar refractivity (Wildman–Crippen MR) is 97.0 cm³/mol. The quantitative estimate of drug-likeness (QED) is 0.728. The van der Waals surface area contributed by atoms with E-state index >= 15 is 0 Å². The number of amides is 1. The van der Waals surface area contributed by atoms with Gasteiger partial charge in [0.05, 0.1) is 0 Å². The average Bonchev–Trinajstić information content (AvgIpc) is 3.17. The highest BCUT2D eigenvalue weighted by molar-refractivity contribution is 5.94. The van der Waals surface area contributed by atoms with Crippen molar-refractivity contribution < 1.29 is 9.21 Å². The van der Waals surface area contributed by atoms with Gasteiger partial charge in [-0.3, -0.25) is 4.79 Å². The molecule has 5 nitrogen and oxygen atoms in total. The second-order valence-corrected chi connectivity index (χ2v) is 5.84. The predicted octanol–water partition coefficient (Wildman–Crippen LogP) is 4.32. The Morgan fingerprint density at radius 1 is 0.920 bits per heavy atom. The maximum atomic E-state index is 12.2. The Bertz CT molecular complexity index is 822. The van der Waals surface area contributed by atoms with E-state index in [-0.39, 0.29) is 11.9 Å². The molecular weight excluding hydrogens is 314 g/mol. The number of hydrogen-bond donors (Lipinski definition) is 1. The molecule has 0 unspecified atom stereocenters. The van der Waals surface area contributed by atoms with Crippen molar-refractivity contribution in [1.29, 1.82) is 0 Å². The van der Waals surface area contributed by atoms with E-state index in [1.165, 1.54) is 0 Å². The molecule has 0 fully saturated rings. The van der Waals surface area contributed by atoms with Gasteiger partial charge in [-0.15, -0.1) is 10.2 Å². The lowest BCUT2D eigenvalue weighted by atomic mass is 10.1. The van der Waals surface area contributed by atoms with Crippen LogP contribution in [0, 0.1) is 0 Å². The van der Waals surface area contributed by atoms with Crippen molar-refractivity contribution in [3.05, 3.63) is 60.2 Å². The summed E-state index contributed by atoms with van der Waals surface area (Å²) in [6, 6.07) is 17.0. The van der Waals surface area contributed by atoms with Crippen molar-refractivity contribution in [3.8, 4) is 22.9 Å². The summed E-state index contributed by atoms with van der Waals surface area (Å²) in [5.41, 5.74) is 2.29. The number of hydrogen-bond acceptors (Lipinski definition) is 4. The molecule has 0 aliphatic carbocycles. The number of carbonyl (C=O) groups excluding carboxylic acids is 1. The summed E-state index contributed by atoms with van der Waals surface area (Å²) in [6.07, 6.45) is 1.84. The SMILES string of the molecule is CCC(CC)NC(=O)c1ccc(-c2nnc(-c3ccccc3)o2)cc1. The van der Waals surface area contributed by atoms with Gasteiger partial charge in [-0.25, -0.2) is 0 Å². The molecule has 1 N–H and O–H groups in total. The largest absolute Gasteiger partial charge is 0.416 e. The molecule has 2 aromatic carbocycles. The lowest BCUT2D eigenvalue weighted by Crippen LogP contribution is -2.33. The molecule has 0 atom stereocenters. The standard InChI is InChI=1S/C20H21N3O2/c1-3-17(4-2)21-18(24)14-10-12-16(13-11-14)20-23-22-19(25-20)15-8-6-5-7-9-15/h5-13,17H,3-4H2,1-2H3,(H,21,24). The minimum atomic E-state index is -0.0595. The lowest BCUT2D eigenvalue weighted by molar-refractivity contribution is 0.0935. The summed E-state index contributed by atoms with van der Waals surface area (Å²) >= 11 is 0. The average molecular weight is 335 g/mol. The van der Waals surface area contributed by atoms with E-state index < -0.39 is 0 Å². The number of benzene rings is 2. The summed E-state index contributed by atoms with van der Waals surface area (Å²) in [5.74, 6) is 0.854. The fourth-order valence-corrected chi connectivity index (χ4v) is 2.56. The highest BCUT2D eigenvalue weighted by Crippen LogP contribution is 2.23. The van der Waals surface area contributed by atoms with Crippen LogP contribution in [0.3, 0.4) is 0 Å². The Hall–Kier alpha value is -2.95. The second-order valence-electron chi connectivity index (χ2n) is 5.84. The first kappa shape index (κ1) is 16.9. The Morgan fingerprint density at radius 3 is 2.04 bits per heavy atom. The van der Waals surface area contributed by atoms with Gasteiger partial charge < -0.3 is 9.73 Å². The lowest BCUT2D eigenvalue weighted by Gasteiger charge is -2.14.